The van der Waals surface area contributed by atoms with Crippen molar-refractivity contribution in [2.75, 3.05) is 13.6 Å². The van der Waals surface area contributed by atoms with Crippen molar-refractivity contribution in [2.45, 2.75) is 90.8 Å². The van der Waals surface area contributed by atoms with E-state index in [-0.39, 0.29) is 0 Å². The summed E-state index contributed by atoms with van der Waals surface area (Å²) >= 11 is 0. The molecule has 0 spiro atoms. The fraction of sp³-hybridized carbons (Fsp3) is 1.00. The van der Waals surface area contributed by atoms with Gasteiger partial charge in [0, 0.05) is 18.1 Å². The van der Waals surface area contributed by atoms with Gasteiger partial charge < -0.3 is 5.32 Å². The highest BCUT2D eigenvalue weighted by Gasteiger charge is 2.40. The van der Waals surface area contributed by atoms with Crippen molar-refractivity contribution in [3.8, 4) is 0 Å². The Hall–Kier alpha value is -0.0800. The number of hydrogen-bond donors (Lipinski definition) is 1. The van der Waals surface area contributed by atoms with Crippen LogP contribution in [0.3, 0.4) is 0 Å². The first-order valence-corrected chi connectivity index (χ1v) is 8.90. The standard InChI is InChI=1S/C18H36N2/c1-6-15-9-7-8-12-20(15)17-13-14(18(2,3)4)10-11-16(17)19-5/h14-17,19H,6-13H2,1-5H3. The lowest BCUT2D eigenvalue weighted by molar-refractivity contribution is 0.0163. The summed E-state index contributed by atoms with van der Waals surface area (Å²) in [7, 11) is 2.17. The van der Waals surface area contributed by atoms with Gasteiger partial charge in [-0.15, -0.1) is 0 Å². The Kier molecular flexibility index (Phi) is 5.53. The molecule has 2 heteroatoms. The van der Waals surface area contributed by atoms with Crippen molar-refractivity contribution >= 4 is 0 Å². The van der Waals surface area contributed by atoms with Gasteiger partial charge in [-0.1, -0.05) is 34.1 Å². The molecule has 2 aliphatic rings. The molecule has 0 aromatic rings. The zero-order valence-electron chi connectivity index (χ0n) is 14.4. The van der Waals surface area contributed by atoms with Gasteiger partial charge in [-0.05, 0) is 63.5 Å². The van der Waals surface area contributed by atoms with E-state index < -0.39 is 0 Å². The van der Waals surface area contributed by atoms with E-state index in [1.807, 2.05) is 0 Å². The van der Waals surface area contributed by atoms with Gasteiger partial charge in [0.15, 0.2) is 0 Å². The molecule has 0 amide bonds. The van der Waals surface area contributed by atoms with E-state index in [1.165, 1.54) is 51.5 Å². The molecular weight excluding hydrogens is 244 g/mol. The molecule has 20 heavy (non-hydrogen) atoms. The van der Waals surface area contributed by atoms with E-state index in [4.69, 9.17) is 0 Å². The molecule has 2 rings (SSSR count). The van der Waals surface area contributed by atoms with Gasteiger partial charge >= 0.3 is 0 Å². The highest BCUT2D eigenvalue weighted by molar-refractivity contribution is 4.96. The normalized spacial score (nSPS) is 37.0. The zero-order chi connectivity index (χ0) is 14.8. The maximum Gasteiger partial charge on any atom is 0.0254 e. The number of hydrogen-bond acceptors (Lipinski definition) is 2. The molecule has 1 aliphatic carbocycles. The fourth-order valence-electron chi connectivity index (χ4n) is 4.53. The number of nitrogens with one attached hydrogen (secondary N) is 1. The van der Waals surface area contributed by atoms with E-state index in [9.17, 15) is 0 Å². The molecule has 4 unspecified atom stereocenters. The highest BCUT2D eigenvalue weighted by atomic mass is 15.2. The van der Waals surface area contributed by atoms with Crippen LogP contribution in [0.5, 0.6) is 0 Å². The van der Waals surface area contributed by atoms with Crippen LogP contribution in [0.4, 0.5) is 0 Å². The van der Waals surface area contributed by atoms with Crippen LogP contribution in [0.2, 0.25) is 0 Å². The first kappa shape index (κ1) is 16.3. The first-order chi connectivity index (χ1) is 9.47. The second-order valence-corrected chi connectivity index (χ2v) is 8.13. The number of rotatable bonds is 3. The summed E-state index contributed by atoms with van der Waals surface area (Å²) in [6.07, 6.45) is 9.74. The van der Waals surface area contributed by atoms with E-state index in [2.05, 4.69) is 45.0 Å². The molecule has 0 aromatic heterocycles. The van der Waals surface area contributed by atoms with Gasteiger partial charge in [0.25, 0.3) is 0 Å². The maximum atomic E-state index is 3.63. The van der Waals surface area contributed by atoms with Crippen LogP contribution in [-0.4, -0.2) is 36.6 Å². The van der Waals surface area contributed by atoms with Crippen molar-refractivity contribution in [1.82, 2.24) is 10.2 Å². The third kappa shape index (κ3) is 3.57. The van der Waals surface area contributed by atoms with Crippen molar-refractivity contribution in [2.24, 2.45) is 11.3 Å². The highest BCUT2D eigenvalue weighted by Crippen LogP contribution is 2.40. The summed E-state index contributed by atoms with van der Waals surface area (Å²) < 4.78 is 0. The van der Waals surface area contributed by atoms with E-state index >= 15 is 0 Å². The van der Waals surface area contributed by atoms with Gasteiger partial charge in [-0.3, -0.25) is 4.90 Å². The van der Waals surface area contributed by atoms with E-state index in [0.29, 0.717) is 11.5 Å². The van der Waals surface area contributed by atoms with Gasteiger partial charge in [-0.2, -0.15) is 0 Å². The SMILES string of the molecule is CCC1CCCCN1C1CC(C(C)(C)C)CCC1NC. The number of piperidine rings is 1. The Morgan fingerprint density at radius 3 is 2.45 bits per heavy atom. The molecule has 1 saturated heterocycles. The Morgan fingerprint density at radius 1 is 1.10 bits per heavy atom. The van der Waals surface area contributed by atoms with Crippen molar-refractivity contribution in [3.05, 3.63) is 0 Å². The average Bonchev–Trinajstić information content (AvgIpc) is 2.45. The molecule has 2 nitrogen and oxygen atoms in total. The topological polar surface area (TPSA) is 15.3 Å². The Balaban J connectivity index is 2.11. The number of likely N-dealkylation sites (tertiary alicyclic amines) is 1. The molecule has 1 aliphatic heterocycles. The fourth-order valence-corrected chi connectivity index (χ4v) is 4.53. The van der Waals surface area contributed by atoms with Crippen LogP contribution in [0.1, 0.15) is 72.6 Å². The predicted octanol–water partition coefficient (Wildman–Crippen LogP) is 4.05. The minimum Gasteiger partial charge on any atom is -0.315 e. The van der Waals surface area contributed by atoms with E-state index in [1.54, 1.807) is 0 Å². The molecule has 1 heterocycles. The van der Waals surface area contributed by atoms with Crippen LogP contribution in [0.15, 0.2) is 0 Å². The summed E-state index contributed by atoms with van der Waals surface area (Å²) in [4.78, 5) is 2.88. The van der Waals surface area contributed by atoms with Crippen LogP contribution in [-0.2, 0) is 0 Å². The van der Waals surface area contributed by atoms with Crippen molar-refractivity contribution < 1.29 is 0 Å². The van der Waals surface area contributed by atoms with Crippen LogP contribution >= 0.6 is 0 Å². The van der Waals surface area contributed by atoms with E-state index in [0.717, 1.165) is 18.0 Å². The molecule has 1 saturated carbocycles. The lowest BCUT2D eigenvalue weighted by atomic mass is 9.69. The van der Waals surface area contributed by atoms with Gasteiger partial charge in [-0.25, -0.2) is 0 Å². The third-order valence-electron chi connectivity index (χ3n) is 5.98. The molecular formula is C18H36N2. The zero-order valence-corrected chi connectivity index (χ0v) is 14.4. The average molecular weight is 280 g/mol. The Bertz CT molecular complexity index is 294. The summed E-state index contributed by atoms with van der Waals surface area (Å²) in [6, 6.07) is 2.31. The second-order valence-electron chi connectivity index (χ2n) is 8.13. The Morgan fingerprint density at radius 2 is 1.85 bits per heavy atom. The number of likely N-dealkylation sites (N-methyl/N-ethyl adjacent to an activating group) is 1. The summed E-state index contributed by atoms with van der Waals surface area (Å²) in [5, 5.41) is 3.63. The Labute approximate surface area is 126 Å². The molecule has 0 aromatic carbocycles. The molecule has 2 fully saturated rings. The monoisotopic (exact) mass is 280 g/mol. The lowest BCUT2D eigenvalue weighted by Gasteiger charge is -2.50. The van der Waals surface area contributed by atoms with Crippen molar-refractivity contribution in [3.63, 3.8) is 0 Å². The maximum absolute atomic E-state index is 3.63. The second kappa shape index (κ2) is 6.79. The van der Waals surface area contributed by atoms with Crippen LogP contribution < -0.4 is 5.32 Å². The molecule has 1 N–H and O–H groups in total. The van der Waals surface area contributed by atoms with Crippen molar-refractivity contribution in [1.29, 1.82) is 0 Å². The lowest BCUT2D eigenvalue weighted by Crippen LogP contribution is -2.57. The molecule has 0 radical (unpaired) electrons. The summed E-state index contributed by atoms with van der Waals surface area (Å²) in [5.74, 6) is 0.886. The summed E-state index contributed by atoms with van der Waals surface area (Å²) in [6.45, 7) is 11.0. The quantitative estimate of drug-likeness (QED) is 0.839. The largest absolute Gasteiger partial charge is 0.315 e. The third-order valence-corrected chi connectivity index (χ3v) is 5.98. The first-order valence-electron chi connectivity index (χ1n) is 8.90. The number of nitrogens with zero attached hydrogens (tertiary/aromatic N) is 1. The van der Waals surface area contributed by atoms with Crippen LogP contribution in [0, 0.1) is 11.3 Å². The molecule has 0 bridgehead atoms. The molecule has 118 valence electrons. The van der Waals surface area contributed by atoms with Crippen LogP contribution in [0.25, 0.3) is 0 Å². The van der Waals surface area contributed by atoms with Gasteiger partial charge in [0.05, 0.1) is 0 Å². The predicted molar refractivity (Wildman–Crippen MR) is 88.1 cm³/mol. The smallest absolute Gasteiger partial charge is 0.0254 e. The van der Waals surface area contributed by atoms with Gasteiger partial charge in [0.2, 0.25) is 0 Å². The van der Waals surface area contributed by atoms with Gasteiger partial charge in [0.1, 0.15) is 0 Å². The minimum absolute atomic E-state index is 0.467. The minimum atomic E-state index is 0.467. The summed E-state index contributed by atoms with van der Waals surface area (Å²) in [5.41, 5.74) is 0.467. The molecule has 4 atom stereocenters.